The number of benzene rings is 3. The van der Waals surface area contributed by atoms with Crippen LogP contribution in [0.2, 0.25) is 0 Å². The first-order chi connectivity index (χ1) is 46.3. The molecule has 0 spiro atoms. The molecule has 3 saturated heterocycles. The van der Waals surface area contributed by atoms with E-state index in [2.05, 4.69) is 110 Å². The van der Waals surface area contributed by atoms with E-state index < -0.39 is 35.5 Å². The molecule has 5 N–H and O–H groups in total. The van der Waals surface area contributed by atoms with Crippen LogP contribution in [0.5, 0.6) is 17.2 Å². The lowest BCUT2D eigenvalue weighted by Gasteiger charge is -2.39. The van der Waals surface area contributed by atoms with Crippen molar-refractivity contribution < 1.29 is 55.4 Å². The maximum Gasteiger partial charge on any atom is 0.411 e. The first-order valence-corrected chi connectivity index (χ1v) is 35.3. The quantitative estimate of drug-likeness (QED) is 0.0853. The van der Waals surface area contributed by atoms with Gasteiger partial charge in [0.1, 0.15) is 40.5 Å². The molecular formula is C77H133N9O10. The molecular weight excluding hydrogens is 1210 g/mol. The molecule has 546 valence electrons. The summed E-state index contributed by atoms with van der Waals surface area (Å²) in [4.78, 5) is 76.7. The fourth-order valence-electron chi connectivity index (χ4n) is 13.2. The number of carbonyl (C=O) groups is 5. The summed E-state index contributed by atoms with van der Waals surface area (Å²) in [5.74, 6) is 4.97. The van der Waals surface area contributed by atoms with E-state index in [4.69, 9.17) is 24.9 Å². The van der Waals surface area contributed by atoms with E-state index >= 15 is 0 Å². The third kappa shape index (κ3) is 24.1. The molecule has 5 amide bonds. The largest absolute Gasteiger partial charge is 0.508 e. The van der Waals surface area contributed by atoms with E-state index in [0.29, 0.717) is 37.8 Å². The maximum absolute atomic E-state index is 13.6. The number of nitrogens with one attached hydrogen (secondary N) is 4. The summed E-state index contributed by atoms with van der Waals surface area (Å²) in [5.41, 5.74) is 5.01. The minimum Gasteiger partial charge on any atom is -0.508 e. The molecule has 0 bridgehead atoms. The highest BCUT2D eigenvalue weighted by Gasteiger charge is 2.41. The number of hydrogen-bond donors (Lipinski definition) is 5. The van der Waals surface area contributed by atoms with Crippen molar-refractivity contribution >= 4 is 29.9 Å². The fourth-order valence-corrected chi connectivity index (χ4v) is 13.2. The van der Waals surface area contributed by atoms with Crippen LogP contribution in [0.3, 0.4) is 0 Å². The van der Waals surface area contributed by atoms with Crippen molar-refractivity contribution in [1.82, 2.24) is 45.8 Å². The van der Waals surface area contributed by atoms with Crippen LogP contribution < -0.4 is 30.7 Å². The summed E-state index contributed by atoms with van der Waals surface area (Å²) in [6.45, 7) is 41.3. The predicted molar refractivity (Wildman–Crippen MR) is 392 cm³/mol. The van der Waals surface area contributed by atoms with Crippen LogP contribution in [-0.2, 0) is 62.8 Å². The highest BCUT2D eigenvalue weighted by molar-refractivity contribution is 5.88. The molecule has 96 heavy (non-hydrogen) atoms. The van der Waals surface area contributed by atoms with Crippen LogP contribution in [-0.4, -0.2) is 180 Å². The highest BCUT2D eigenvalue weighted by atomic mass is 16.6. The van der Waals surface area contributed by atoms with Crippen molar-refractivity contribution in [2.24, 2.45) is 35.5 Å². The third-order valence-corrected chi connectivity index (χ3v) is 19.8. The Labute approximate surface area is 586 Å². The molecule has 6 aliphatic rings. The normalized spacial score (nSPS) is 20.9. The standard InChI is InChI=1S/C27H43N3O4.C26H41N3O4.C22H35N3O2.2CH4.3H2/c1-18(2)23(17-29-12-10-19(3)11-13-29)28-25(31)24-15-20-8-9-22(33-7)14-21(20)16-30(24)26(32)34-27(4,5)6;1-17(2)22(16-28-11-9-18(3)10-12-28)27-24(31)23-14-19-7-8-21(30)13-20(19)15-29(23)25(32)33-26(4,5)6;1-15(2)21(14-25-9-7-16(3)8-10-25)24-22(26)20-12-17-5-6-19(27-4)11-18(17)13-23-20;;;;;/h8-9,14,18-19,23-24H,10-13,15-17H2,1-7H3,(H,28,31);7-8,13,17-18,22-23,30H,9-12,14-16H2,1-6H3,(H,27,31);5-6,11,15-16,20-21,23H,7-10,12-14H2,1-4H3,(H,24,26);2*1H4;3*1H/t23-,24-;22-,23-;20-,21-;;;;;/m111...../s1/i;;;;;2*1+1D;1+1. The minimum absolute atomic E-state index is 0. The number of hydrogen-bond acceptors (Lipinski definition) is 14. The lowest BCUT2D eigenvalue weighted by atomic mass is 9.92. The van der Waals surface area contributed by atoms with E-state index in [1.165, 1.54) is 54.6 Å². The van der Waals surface area contributed by atoms with Crippen molar-refractivity contribution in [3.63, 3.8) is 0 Å². The zero-order valence-electron chi connectivity index (χ0n) is 64.3. The monoisotopic (exact) mass is 1350 g/mol. The molecule has 0 saturated carbocycles. The summed E-state index contributed by atoms with van der Waals surface area (Å²) in [6.07, 6.45) is 7.93. The molecule has 0 radical (unpaired) electrons. The van der Waals surface area contributed by atoms with Crippen LogP contribution in [0.1, 0.15) is 198 Å². The van der Waals surface area contributed by atoms with Gasteiger partial charge in [-0.25, -0.2) is 9.59 Å². The summed E-state index contributed by atoms with van der Waals surface area (Å²) < 4.78 is 42.0. The highest BCUT2D eigenvalue weighted by Crippen LogP contribution is 2.32. The number of nitrogens with zero attached hydrogens (tertiary/aromatic N) is 5. The van der Waals surface area contributed by atoms with Gasteiger partial charge in [-0.1, -0.05) is 95.4 Å². The van der Waals surface area contributed by atoms with Crippen LogP contribution in [0.4, 0.5) is 9.59 Å². The number of ether oxygens (including phenoxy) is 4. The number of piperidine rings is 3. The van der Waals surface area contributed by atoms with Gasteiger partial charge in [0.15, 0.2) is 0 Å². The number of rotatable bonds is 17. The topological polar surface area (TPSA) is 207 Å². The Bertz CT molecular complexity index is 2980. The molecule has 19 heteroatoms. The van der Waals surface area contributed by atoms with Crippen molar-refractivity contribution in [1.29, 1.82) is 0 Å². The van der Waals surface area contributed by atoms with Crippen LogP contribution in [0, 0.1) is 35.5 Å². The van der Waals surface area contributed by atoms with E-state index in [-0.39, 0.29) is 76.4 Å². The maximum atomic E-state index is 13.6. The van der Waals surface area contributed by atoms with Gasteiger partial charge >= 0.3 is 12.2 Å². The Morgan fingerprint density at radius 1 is 0.510 bits per heavy atom. The Kier molecular flexibility index (Phi) is 29.4. The lowest BCUT2D eigenvalue weighted by Crippen LogP contribution is -2.57. The summed E-state index contributed by atoms with van der Waals surface area (Å²) in [5, 5.41) is 23.2. The lowest BCUT2D eigenvalue weighted by molar-refractivity contribution is -0.128. The van der Waals surface area contributed by atoms with Gasteiger partial charge in [-0.15, -0.1) is 0 Å². The summed E-state index contributed by atoms with van der Waals surface area (Å²) in [7, 11) is 3.31. The number of amides is 5. The van der Waals surface area contributed by atoms with Crippen molar-refractivity contribution in [2.45, 2.75) is 244 Å². The number of likely N-dealkylation sites (tertiary alicyclic amines) is 3. The Hall–Kier alpha value is -6.15. The number of fused-ring (bicyclic) bond motifs is 3. The average Bonchev–Trinajstić information content (AvgIpc) is 0.794. The first kappa shape index (κ1) is 77.2. The van der Waals surface area contributed by atoms with Crippen LogP contribution >= 0.6 is 0 Å². The zero-order chi connectivity index (χ0) is 72.8. The molecule has 6 aliphatic heterocycles. The fraction of sp³-hybridized carbons (Fsp3) is 0.701. The van der Waals surface area contributed by atoms with Gasteiger partial charge in [0.05, 0.1) is 33.4 Å². The average molecular weight is 1350 g/mol. The molecule has 19 nitrogen and oxygen atoms in total. The van der Waals surface area contributed by atoms with E-state index in [9.17, 15) is 29.1 Å². The molecule has 3 aromatic rings. The Morgan fingerprint density at radius 3 is 1.20 bits per heavy atom. The van der Waals surface area contributed by atoms with Crippen LogP contribution in [0.15, 0.2) is 54.6 Å². The molecule has 0 aromatic heterocycles. The number of aromatic hydroxyl groups is 1. The number of methoxy groups -OCH3 is 2. The number of phenolic OH excluding ortho intramolecular Hbond substituents is 1. The Balaban J connectivity index is 0.000000498. The smallest absolute Gasteiger partial charge is 0.411 e. The summed E-state index contributed by atoms with van der Waals surface area (Å²) >= 11 is 0. The third-order valence-electron chi connectivity index (χ3n) is 19.8. The molecule has 3 aromatic carbocycles. The zero-order valence-corrected chi connectivity index (χ0v) is 60.3. The predicted octanol–water partition coefficient (Wildman–Crippen LogP) is 12.7. The van der Waals surface area contributed by atoms with Gasteiger partial charge in [0.2, 0.25) is 17.7 Å². The van der Waals surface area contributed by atoms with E-state index in [1.807, 2.05) is 71.9 Å². The van der Waals surface area contributed by atoms with Crippen molar-refractivity contribution in [3.05, 3.63) is 88.0 Å². The van der Waals surface area contributed by atoms with Gasteiger partial charge in [-0.3, -0.25) is 24.2 Å². The van der Waals surface area contributed by atoms with Crippen LogP contribution in [0.25, 0.3) is 0 Å². The minimum atomic E-state index is -0.664. The van der Waals surface area contributed by atoms with Crippen molar-refractivity contribution in [3.8, 4) is 17.2 Å². The van der Waals surface area contributed by atoms with Gasteiger partial charge in [0.25, 0.3) is 0 Å². The van der Waals surface area contributed by atoms with Gasteiger partial charge in [-0.05, 0) is 231 Å². The number of carbonyl (C=O) groups excluding carboxylic acids is 5. The van der Waals surface area contributed by atoms with Gasteiger partial charge < -0.3 is 60.0 Å². The molecule has 9 rings (SSSR count). The van der Waals surface area contributed by atoms with Gasteiger partial charge in [0, 0.05) is 64.5 Å². The van der Waals surface area contributed by atoms with E-state index in [0.717, 1.165) is 117 Å². The second kappa shape index (κ2) is 36.6. The van der Waals surface area contributed by atoms with E-state index in [1.54, 1.807) is 31.3 Å². The molecule has 0 unspecified atom stereocenters. The molecule has 6 atom stereocenters. The summed E-state index contributed by atoms with van der Waals surface area (Å²) in [6, 6.07) is 15.9. The molecule has 3 fully saturated rings. The second-order valence-corrected chi connectivity index (χ2v) is 31.0. The van der Waals surface area contributed by atoms with Gasteiger partial charge in [-0.2, -0.15) is 0 Å². The molecule has 6 heterocycles. The molecule has 0 aliphatic carbocycles. The Morgan fingerprint density at radius 2 is 0.844 bits per heavy atom. The second-order valence-electron chi connectivity index (χ2n) is 31.0. The number of phenols is 1. The van der Waals surface area contributed by atoms with Crippen molar-refractivity contribution in [2.75, 3.05) is 73.1 Å². The SMILES string of the molecule is C.C.CC1CCN(C[C@@H](NC(=O)[C@H]2Cc3ccc(O)cc3CN2C(=O)OC(C)(C)C)C(C)C)CC1.COc1ccc2c(c1)CN(C(=O)OC(C)(C)C)[C@@H](C(=O)N[C@H](CN1CCC(C)CC1)C(C)C)C2.COc1ccc2c(c1)CN[C@@H](C(=O)N[C@H](CN1CCC(C)CC1)C(C)C)C2.[2HH].[2H][2H].[2H][2H]. The first-order valence-electron chi connectivity index (χ1n) is 37.3.